The van der Waals surface area contributed by atoms with Crippen LogP contribution in [-0.2, 0) is 7.05 Å². The summed E-state index contributed by atoms with van der Waals surface area (Å²) >= 11 is 6.14. The van der Waals surface area contributed by atoms with Crippen molar-refractivity contribution in [2.24, 2.45) is 7.05 Å². The number of fused-ring (bicyclic) bond motifs is 1. The number of hydrogen-bond acceptors (Lipinski definition) is 2. The number of rotatable bonds is 1. The highest BCUT2D eigenvalue weighted by molar-refractivity contribution is 6.33. The number of aromatic nitrogens is 3. The molecule has 0 atom stereocenters. The molecule has 0 radical (unpaired) electrons. The lowest BCUT2D eigenvalue weighted by molar-refractivity contribution is 0.881. The quantitative estimate of drug-likeness (QED) is 0.730. The van der Waals surface area contributed by atoms with Gasteiger partial charge in [-0.2, -0.15) is 5.10 Å². The first-order valence-electron chi connectivity index (χ1n) is 5.46. The lowest BCUT2D eigenvalue weighted by Gasteiger charge is -2.06. The largest absolute Gasteiger partial charge is 0.296 e. The normalized spacial score (nSPS) is 11.0. The SMILES string of the molecule is Cn1c(=O)c(-c2ccccc2Cl)cc2cn[nH]c21. The second kappa shape index (κ2) is 3.99. The Kier molecular flexibility index (Phi) is 2.45. The van der Waals surface area contributed by atoms with Gasteiger partial charge < -0.3 is 0 Å². The summed E-state index contributed by atoms with van der Waals surface area (Å²) in [6, 6.07) is 9.12. The number of halogens is 1. The zero-order chi connectivity index (χ0) is 12.7. The predicted molar refractivity (Wildman–Crippen MR) is 71.8 cm³/mol. The predicted octanol–water partition coefficient (Wildman–Crippen LogP) is 2.58. The van der Waals surface area contributed by atoms with Gasteiger partial charge in [-0.25, -0.2) is 0 Å². The summed E-state index contributed by atoms with van der Waals surface area (Å²) in [7, 11) is 1.71. The molecule has 4 nitrogen and oxygen atoms in total. The van der Waals surface area contributed by atoms with E-state index in [1.165, 1.54) is 0 Å². The third-order valence-electron chi connectivity index (χ3n) is 2.98. The van der Waals surface area contributed by atoms with Gasteiger partial charge in [0.1, 0.15) is 5.65 Å². The maximum atomic E-state index is 12.3. The second-order valence-electron chi connectivity index (χ2n) is 4.08. The van der Waals surface area contributed by atoms with Gasteiger partial charge in [-0.15, -0.1) is 0 Å². The van der Waals surface area contributed by atoms with Crippen LogP contribution in [0.25, 0.3) is 22.2 Å². The molecule has 2 heterocycles. The monoisotopic (exact) mass is 259 g/mol. The molecule has 0 fully saturated rings. The van der Waals surface area contributed by atoms with Crippen molar-refractivity contribution in [2.45, 2.75) is 0 Å². The average Bonchev–Trinajstić information content (AvgIpc) is 2.83. The van der Waals surface area contributed by atoms with Gasteiger partial charge in [-0.05, 0) is 12.1 Å². The summed E-state index contributed by atoms with van der Waals surface area (Å²) in [6.07, 6.45) is 1.69. The number of aromatic amines is 1. The van der Waals surface area contributed by atoms with Crippen molar-refractivity contribution in [1.29, 1.82) is 0 Å². The molecule has 90 valence electrons. The molecule has 0 saturated heterocycles. The highest BCUT2D eigenvalue weighted by atomic mass is 35.5. The number of nitrogens with zero attached hydrogens (tertiary/aromatic N) is 2. The van der Waals surface area contributed by atoms with Crippen LogP contribution in [0.15, 0.2) is 41.3 Å². The van der Waals surface area contributed by atoms with E-state index in [2.05, 4.69) is 10.2 Å². The van der Waals surface area contributed by atoms with Crippen LogP contribution in [0.3, 0.4) is 0 Å². The molecule has 0 aliphatic heterocycles. The Bertz CT molecular complexity index is 788. The first-order chi connectivity index (χ1) is 8.68. The lowest BCUT2D eigenvalue weighted by Crippen LogP contribution is -2.19. The van der Waals surface area contributed by atoms with Crippen molar-refractivity contribution in [3.63, 3.8) is 0 Å². The molecule has 1 N–H and O–H groups in total. The molecule has 5 heteroatoms. The van der Waals surface area contributed by atoms with E-state index in [1.54, 1.807) is 23.9 Å². The lowest BCUT2D eigenvalue weighted by atomic mass is 10.1. The number of benzene rings is 1. The number of pyridine rings is 1. The van der Waals surface area contributed by atoms with Crippen molar-refractivity contribution in [2.75, 3.05) is 0 Å². The van der Waals surface area contributed by atoms with Gasteiger partial charge in [0, 0.05) is 28.6 Å². The maximum Gasteiger partial charge on any atom is 0.259 e. The topological polar surface area (TPSA) is 50.7 Å². The van der Waals surface area contributed by atoms with E-state index in [-0.39, 0.29) is 5.56 Å². The second-order valence-corrected chi connectivity index (χ2v) is 4.48. The average molecular weight is 260 g/mol. The number of hydrogen-bond donors (Lipinski definition) is 1. The number of nitrogens with one attached hydrogen (secondary N) is 1. The van der Waals surface area contributed by atoms with Gasteiger partial charge in [-0.3, -0.25) is 14.5 Å². The minimum Gasteiger partial charge on any atom is -0.296 e. The fraction of sp³-hybridized carbons (Fsp3) is 0.0769. The van der Waals surface area contributed by atoms with Gasteiger partial charge in [0.25, 0.3) is 5.56 Å². The van der Waals surface area contributed by atoms with Crippen LogP contribution in [0.1, 0.15) is 0 Å². The van der Waals surface area contributed by atoms with E-state index in [0.717, 1.165) is 10.9 Å². The van der Waals surface area contributed by atoms with E-state index in [1.807, 2.05) is 24.3 Å². The third kappa shape index (κ3) is 1.54. The van der Waals surface area contributed by atoms with Gasteiger partial charge >= 0.3 is 0 Å². The minimum atomic E-state index is -0.0974. The molecule has 0 spiro atoms. The molecular weight excluding hydrogens is 250 g/mol. The van der Waals surface area contributed by atoms with Crippen LogP contribution in [-0.4, -0.2) is 14.8 Å². The summed E-state index contributed by atoms with van der Waals surface area (Å²) in [4.78, 5) is 12.3. The highest BCUT2D eigenvalue weighted by Crippen LogP contribution is 2.26. The van der Waals surface area contributed by atoms with Gasteiger partial charge in [0.2, 0.25) is 0 Å². The van der Waals surface area contributed by atoms with Crippen molar-refractivity contribution in [3.8, 4) is 11.1 Å². The van der Waals surface area contributed by atoms with Crippen LogP contribution in [0.4, 0.5) is 0 Å². The molecule has 2 aromatic heterocycles. The Hall–Kier alpha value is -2.07. The fourth-order valence-corrected chi connectivity index (χ4v) is 2.27. The van der Waals surface area contributed by atoms with E-state index in [0.29, 0.717) is 16.2 Å². The van der Waals surface area contributed by atoms with Crippen molar-refractivity contribution in [1.82, 2.24) is 14.8 Å². The molecular formula is C13H10ClN3O. The molecule has 3 rings (SSSR count). The third-order valence-corrected chi connectivity index (χ3v) is 3.31. The van der Waals surface area contributed by atoms with Gasteiger partial charge in [-0.1, -0.05) is 29.8 Å². The Morgan fingerprint density at radius 2 is 2.06 bits per heavy atom. The summed E-state index contributed by atoms with van der Waals surface area (Å²) in [5.41, 5.74) is 1.93. The zero-order valence-corrected chi connectivity index (χ0v) is 10.4. The molecule has 18 heavy (non-hydrogen) atoms. The Morgan fingerprint density at radius 1 is 1.28 bits per heavy atom. The molecule has 0 unspecified atom stereocenters. The van der Waals surface area contributed by atoms with Crippen molar-refractivity contribution < 1.29 is 0 Å². The first kappa shape index (κ1) is 11.0. The summed E-state index contributed by atoms with van der Waals surface area (Å²) in [5, 5.41) is 8.19. The van der Waals surface area contributed by atoms with Crippen LogP contribution in [0.5, 0.6) is 0 Å². The highest BCUT2D eigenvalue weighted by Gasteiger charge is 2.11. The maximum absolute atomic E-state index is 12.3. The minimum absolute atomic E-state index is 0.0974. The number of aryl methyl sites for hydroxylation is 1. The van der Waals surface area contributed by atoms with Crippen molar-refractivity contribution in [3.05, 3.63) is 51.9 Å². The smallest absolute Gasteiger partial charge is 0.259 e. The Labute approximate surface area is 108 Å². The zero-order valence-electron chi connectivity index (χ0n) is 9.64. The van der Waals surface area contributed by atoms with Gasteiger partial charge in [0.05, 0.1) is 6.20 Å². The van der Waals surface area contributed by atoms with Crippen molar-refractivity contribution >= 4 is 22.6 Å². The summed E-state index contributed by atoms with van der Waals surface area (Å²) < 4.78 is 1.54. The molecule has 3 aromatic rings. The van der Waals surface area contributed by atoms with Crippen LogP contribution in [0, 0.1) is 0 Å². The summed E-state index contributed by atoms with van der Waals surface area (Å²) in [6.45, 7) is 0. The Morgan fingerprint density at radius 3 is 2.83 bits per heavy atom. The fourth-order valence-electron chi connectivity index (χ4n) is 2.03. The standard InChI is InChI=1S/C13H10ClN3O/c1-17-12-8(7-15-16-12)6-10(13(17)18)9-4-2-3-5-11(9)14/h2-7H,1H3,(H,15,16). The summed E-state index contributed by atoms with van der Waals surface area (Å²) in [5.74, 6) is 0. The van der Waals surface area contributed by atoms with E-state index < -0.39 is 0 Å². The molecule has 1 aromatic carbocycles. The Balaban J connectivity index is 2.40. The molecule has 0 aliphatic rings. The van der Waals surface area contributed by atoms with E-state index in [4.69, 9.17) is 11.6 Å². The molecule has 0 aliphatic carbocycles. The van der Waals surface area contributed by atoms with Crippen LogP contribution < -0.4 is 5.56 Å². The van der Waals surface area contributed by atoms with E-state index in [9.17, 15) is 4.79 Å². The van der Waals surface area contributed by atoms with Crippen LogP contribution in [0.2, 0.25) is 5.02 Å². The number of H-pyrrole nitrogens is 1. The van der Waals surface area contributed by atoms with Gasteiger partial charge in [0.15, 0.2) is 0 Å². The molecule has 0 bridgehead atoms. The van der Waals surface area contributed by atoms with E-state index >= 15 is 0 Å². The molecule has 0 amide bonds. The first-order valence-corrected chi connectivity index (χ1v) is 5.84. The van der Waals surface area contributed by atoms with Crippen LogP contribution >= 0.6 is 11.6 Å². The molecule has 0 saturated carbocycles.